The van der Waals surface area contributed by atoms with Gasteiger partial charge in [0.15, 0.2) is 15.8 Å². The van der Waals surface area contributed by atoms with Crippen LogP contribution in [0.2, 0.25) is 0 Å². The second kappa shape index (κ2) is 8.16. The maximum Gasteiger partial charge on any atom is 0.188 e. The molecular weight excluding hydrogens is 369 g/mol. The van der Waals surface area contributed by atoms with Crippen molar-refractivity contribution in [1.82, 2.24) is 5.32 Å². The first kappa shape index (κ1) is 17.9. The van der Waals surface area contributed by atoms with Crippen LogP contribution in [0.15, 0.2) is 4.99 Å². The molecule has 3 N–H and O–H groups in total. The zero-order chi connectivity index (χ0) is 12.9. The monoisotopic (exact) mass is 391 g/mol. The number of ether oxygens (including phenoxy) is 1. The molecule has 0 aliphatic carbocycles. The van der Waals surface area contributed by atoms with Gasteiger partial charge in [0.1, 0.15) is 0 Å². The fourth-order valence-corrected chi connectivity index (χ4v) is 2.75. The summed E-state index contributed by atoms with van der Waals surface area (Å²) < 4.78 is 28.0. The molecule has 0 aromatic heterocycles. The van der Waals surface area contributed by atoms with Crippen molar-refractivity contribution in [2.75, 3.05) is 24.7 Å². The highest BCUT2D eigenvalue weighted by Crippen LogP contribution is 2.07. The van der Waals surface area contributed by atoms with Crippen molar-refractivity contribution >= 4 is 39.8 Å². The summed E-state index contributed by atoms with van der Waals surface area (Å²) in [6.45, 7) is 4.58. The van der Waals surface area contributed by atoms with Crippen molar-refractivity contribution in [2.24, 2.45) is 10.7 Å². The van der Waals surface area contributed by atoms with Gasteiger partial charge in [-0.1, -0.05) is 6.92 Å². The van der Waals surface area contributed by atoms with Crippen molar-refractivity contribution in [3.8, 4) is 0 Å². The Labute approximate surface area is 126 Å². The zero-order valence-corrected chi connectivity index (χ0v) is 13.9. The minimum Gasteiger partial charge on any atom is -0.374 e. The lowest BCUT2D eigenvalue weighted by Gasteiger charge is -2.21. The number of halogens is 1. The summed E-state index contributed by atoms with van der Waals surface area (Å²) in [5.41, 5.74) is 5.67. The van der Waals surface area contributed by atoms with Crippen molar-refractivity contribution in [3.63, 3.8) is 0 Å². The smallest absolute Gasteiger partial charge is 0.188 e. The predicted molar refractivity (Wildman–Crippen MR) is 83.2 cm³/mol. The highest BCUT2D eigenvalue weighted by molar-refractivity contribution is 14.0. The molecule has 18 heavy (non-hydrogen) atoms. The van der Waals surface area contributed by atoms with Crippen LogP contribution in [0, 0.1) is 0 Å². The Kier molecular flexibility index (Phi) is 8.11. The molecule has 0 aromatic carbocycles. The molecule has 1 fully saturated rings. The number of nitrogens with two attached hydrogens (primary N) is 1. The molecular formula is C10H22IN3O3S. The average Bonchev–Trinajstić information content (AvgIpc) is 2.25. The van der Waals surface area contributed by atoms with Gasteiger partial charge < -0.3 is 15.8 Å². The first-order chi connectivity index (χ1) is 7.93. The molecule has 6 nitrogen and oxygen atoms in total. The summed E-state index contributed by atoms with van der Waals surface area (Å²) in [5, 5.41) is 3.01. The van der Waals surface area contributed by atoms with E-state index < -0.39 is 9.84 Å². The number of sulfone groups is 1. The second-order valence-electron chi connectivity index (χ2n) is 4.29. The third-order valence-electron chi connectivity index (χ3n) is 2.66. The molecule has 108 valence electrons. The Bertz CT molecular complexity index is 373. The van der Waals surface area contributed by atoms with E-state index in [1.54, 1.807) is 0 Å². The number of hydrogen-bond donors (Lipinski definition) is 2. The van der Waals surface area contributed by atoms with Crippen LogP contribution in [0.1, 0.15) is 20.3 Å². The van der Waals surface area contributed by atoms with Crippen molar-refractivity contribution < 1.29 is 13.2 Å². The normalized spacial score (nSPS) is 25.0. The Morgan fingerprint density at radius 1 is 1.61 bits per heavy atom. The molecule has 0 spiro atoms. The van der Waals surface area contributed by atoms with Crippen LogP contribution in [0.3, 0.4) is 0 Å². The molecule has 0 amide bonds. The van der Waals surface area contributed by atoms with Gasteiger partial charge in [0, 0.05) is 6.04 Å². The van der Waals surface area contributed by atoms with Crippen LogP contribution >= 0.6 is 24.0 Å². The van der Waals surface area contributed by atoms with E-state index in [4.69, 9.17) is 10.5 Å². The van der Waals surface area contributed by atoms with E-state index in [0.29, 0.717) is 5.96 Å². The maximum absolute atomic E-state index is 11.4. The van der Waals surface area contributed by atoms with E-state index in [1.165, 1.54) is 0 Å². The summed E-state index contributed by atoms with van der Waals surface area (Å²) in [7, 11) is -2.96. The minimum absolute atomic E-state index is 0. The third kappa shape index (κ3) is 6.74. The van der Waals surface area contributed by atoms with Crippen LogP contribution < -0.4 is 11.1 Å². The molecule has 0 aromatic rings. The van der Waals surface area contributed by atoms with Gasteiger partial charge in [-0.15, -0.1) is 24.0 Å². The first-order valence-corrected chi connectivity index (χ1v) is 7.63. The number of nitrogens with one attached hydrogen (secondary N) is 1. The van der Waals surface area contributed by atoms with Crippen LogP contribution in [-0.4, -0.2) is 51.2 Å². The molecule has 1 rings (SSSR count). The van der Waals surface area contributed by atoms with Crippen LogP contribution in [-0.2, 0) is 14.6 Å². The van der Waals surface area contributed by atoms with Crippen LogP contribution in [0.4, 0.5) is 0 Å². The van der Waals surface area contributed by atoms with Gasteiger partial charge in [-0.05, 0) is 13.3 Å². The number of guanidine groups is 1. The molecule has 1 saturated heterocycles. The average molecular weight is 391 g/mol. The molecule has 2 atom stereocenters. The highest BCUT2D eigenvalue weighted by Gasteiger charge is 2.25. The molecule has 8 heteroatoms. The number of nitrogens with zero attached hydrogens (tertiary/aromatic N) is 1. The lowest BCUT2D eigenvalue weighted by atomic mass is 10.3. The van der Waals surface area contributed by atoms with E-state index in [-0.39, 0.29) is 60.8 Å². The predicted octanol–water partition coefficient (Wildman–Crippen LogP) is 0.121. The molecule has 1 aliphatic rings. The summed E-state index contributed by atoms with van der Waals surface area (Å²) in [5.74, 6) is 0.479. The molecule has 1 heterocycles. The van der Waals surface area contributed by atoms with E-state index in [0.717, 1.165) is 6.42 Å². The van der Waals surface area contributed by atoms with Crippen molar-refractivity contribution in [2.45, 2.75) is 32.4 Å². The molecule has 0 saturated carbocycles. The lowest BCUT2D eigenvalue weighted by molar-refractivity contribution is 0.0782. The van der Waals surface area contributed by atoms with Gasteiger partial charge in [-0.2, -0.15) is 0 Å². The summed E-state index contributed by atoms with van der Waals surface area (Å²) in [6, 6.07) is 0.259. The largest absolute Gasteiger partial charge is 0.374 e. The Morgan fingerprint density at radius 2 is 2.28 bits per heavy atom. The summed E-state index contributed by atoms with van der Waals surface area (Å²) in [6.07, 6.45) is 0.580. The van der Waals surface area contributed by atoms with Crippen LogP contribution in [0.25, 0.3) is 0 Å². The van der Waals surface area contributed by atoms with E-state index in [9.17, 15) is 8.42 Å². The Hall–Kier alpha value is -0.0900. The Balaban J connectivity index is 0.00000289. The van der Waals surface area contributed by atoms with Gasteiger partial charge in [0.2, 0.25) is 0 Å². The maximum atomic E-state index is 11.4. The Morgan fingerprint density at radius 3 is 2.83 bits per heavy atom. The fourth-order valence-electron chi connectivity index (χ4n) is 1.46. The van der Waals surface area contributed by atoms with E-state index in [1.807, 2.05) is 13.8 Å². The van der Waals surface area contributed by atoms with Gasteiger partial charge >= 0.3 is 0 Å². The van der Waals surface area contributed by atoms with Gasteiger partial charge in [0.05, 0.1) is 30.8 Å². The van der Waals surface area contributed by atoms with E-state index in [2.05, 4.69) is 10.3 Å². The number of aliphatic imine (C=N–C) groups is 1. The quantitative estimate of drug-likeness (QED) is 0.404. The fraction of sp³-hybridized carbons (Fsp3) is 0.900. The lowest BCUT2D eigenvalue weighted by Crippen LogP contribution is -2.40. The second-order valence-corrected chi connectivity index (χ2v) is 6.52. The third-order valence-corrected chi connectivity index (χ3v) is 4.33. The molecule has 0 radical (unpaired) electrons. The minimum atomic E-state index is -2.96. The number of rotatable bonds is 4. The number of hydrogen-bond acceptors (Lipinski definition) is 4. The van der Waals surface area contributed by atoms with Crippen molar-refractivity contribution in [1.29, 1.82) is 0 Å². The summed E-state index contributed by atoms with van der Waals surface area (Å²) in [4.78, 5) is 4.10. The van der Waals surface area contributed by atoms with E-state index >= 15 is 0 Å². The molecule has 0 bridgehead atoms. The van der Waals surface area contributed by atoms with Crippen LogP contribution in [0.5, 0.6) is 0 Å². The molecule has 1 aliphatic heterocycles. The SMILES string of the molecule is CCC(C)NC(N)=NCC1CS(=O)(=O)CCO1.I. The topological polar surface area (TPSA) is 93.8 Å². The molecule has 2 unspecified atom stereocenters. The van der Waals surface area contributed by atoms with Crippen molar-refractivity contribution in [3.05, 3.63) is 0 Å². The van der Waals surface area contributed by atoms with Gasteiger partial charge in [0.25, 0.3) is 0 Å². The zero-order valence-electron chi connectivity index (χ0n) is 10.8. The standard InChI is InChI=1S/C10H21N3O3S.HI/c1-3-8(2)13-10(11)12-6-9-7-17(14,15)5-4-16-9;/h8-9H,3-7H2,1-2H3,(H3,11,12,13);1H. The summed E-state index contributed by atoms with van der Waals surface area (Å²) >= 11 is 0. The first-order valence-electron chi connectivity index (χ1n) is 5.81. The highest BCUT2D eigenvalue weighted by atomic mass is 127. The van der Waals surface area contributed by atoms with Gasteiger partial charge in [-0.3, -0.25) is 4.99 Å². The van der Waals surface area contributed by atoms with Gasteiger partial charge in [-0.25, -0.2) is 8.42 Å².